The van der Waals surface area contributed by atoms with Crippen LogP contribution in [0.5, 0.6) is 0 Å². The van der Waals surface area contributed by atoms with Gasteiger partial charge in [-0.25, -0.2) is 0 Å². The van der Waals surface area contributed by atoms with E-state index in [1.54, 1.807) is 12.1 Å². The Morgan fingerprint density at radius 3 is 1.91 bits per heavy atom. The maximum atomic E-state index is 11.9. The molecule has 0 saturated heterocycles. The fourth-order valence-corrected chi connectivity index (χ4v) is 6.37. The molecular formula is C20H25N7O12S5. The standard InChI is InChI=1S/C20H25N7O12S5/c21-14-10-12(2-4-16(14)40-7-1-8-41(28,29)30)23-19-25-18(22-6-9-42(31,32)33)26-20(27-19)24-15-11-13(43(34,35)36)3-5-17(15)44(37,38)39/h2-5,10-11H,1,6-9,21H2,(H,28,29,30)(H,31,32,33)(H,34,35,36)(H,37,38,39)(H3,22,23,24,25,26,27). The molecule has 9 N–H and O–H groups in total. The van der Waals surface area contributed by atoms with E-state index < -0.39 is 73.4 Å². The Morgan fingerprint density at radius 2 is 1.34 bits per heavy atom. The number of rotatable bonds is 15. The molecule has 0 atom stereocenters. The van der Waals surface area contributed by atoms with Gasteiger partial charge in [-0.05, 0) is 48.6 Å². The third-order valence-corrected chi connectivity index (χ3v) is 9.58. The van der Waals surface area contributed by atoms with Gasteiger partial charge in [0.05, 0.1) is 22.1 Å². The fraction of sp³-hybridized carbons (Fsp3) is 0.250. The van der Waals surface area contributed by atoms with Crippen molar-refractivity contribution >= 4 is 87.1 Å². The molecule has 24 heteroatoms. The number of nitrogens with two attached hydrogens (primary N) is 1. The molecular weight excluding hydrogens is 691 g/mol. The number of anilines is 6. The normalized spacial score (nSPS) is 12.5. The first kappa shape index (κ1) is 35.1. The van der Waals surface area contributed by atoms with E-state index >= 15 is 0 Å². The summed E-state index contributed by atoms with van der Waals surface area (Å²) in [5, 5.41) is 7.73. The molecule has 0 spiro atoms. The minimum absolute atomic E-state index is 0.170. The number of nitrogen functional groups attached to an aromatic ring is 1. The molecule has 0 amide bonds. The Kier molecular flexibility index (Phi) is 11.0. The SMILES string of the molecule is Nc1cc(Nc2nc(NCCS(=O)(=O)O)nc(Nc3cc(S(=O)(=O)O)ccc3S(=O)(=O)O)n2)ccc1SCCCS(=O)(=O)O. The number of hydrogen-bond donors (Lipinski definition) is 8. The van der Waals surface area contributed by atoms with Crippen LogP contribution < -0.4 is 21.7 Å². The lowest BCUT2D eigenvalue weighted by Gasteiger charge is -2.14. The first-order valence-corrected chi connectivity index (χ1v) is 18.8. The van der Waals surface area contributed by atoms with Crippen LogP contribution in [-0.2, 0) is 40.5 Å². The fourth-order valence-electron chi connectivity index (χ4n) is 3.28. The molecule has 0 radical (unpaired) electrons. The number of aromatic nitrogens is 3. The lowest BCUT2D eigenvalue weighted by molar-refractivity contribution is 0.479. The van der Waals surface area contributed by atoms with E-state index in [-0.39, 0.29) is 30.5 Å². The molecule has 0 bridgehead atoms. The van der Waals surface area contributed by atoms with Gasteiger partial charge in [0.2, 0.25) is 17.8 Å². The Labute approximate surface area is 256 Å². The number of thioether (sulfide) groups is 1. The van der Waals surface area contributed by atoms with Crippen LogP contribution in [0.1, 0.15) is 6.42 Å². The lowest BCUT2D eigenvalue weighted by atomic mass is 10.3. The summed E-state index contributed by atoms with van der Waals surface area (Å²) in [5.74, 6) is -1.80. The molecule has 2 aromatic carbocycles. The second kappa shape index (κ2) is 13.7. The van der Waals surface area contributed by atoms with Crippen LogP contribution in [0.4, 0.5) is 34.9 Å². The van der Waals surface area contributed by atoms with Gasteiger partial charge in [-0.2, -0.15) is 48.6 Å². The van der Waals surface area contributed by atoms with E-state index in [4.69, 9.17) is 14.8 Å². The minimum atomic E-state index is -4.93. The summed E-state index contributed by atoms with van der Waals surface area (Å²) in [4.78, 5) is 11.1. The van der Waals surface area contributed by atoms with Gasteiger partial charge in [0, 0.05) is 22.8 Å². The highest BCUT2D eigenvalue weighted by Gasteiger charge is 2.21. The molecule has 0 aliphatic carbocycles. The second-order valence-electron chi connectivity index (χ2n) is 8.62. The summed E-state index contributed by atoms with van der Waals surface area (Å²) >= 11 is 1.24. The number of hydrogen-bond acceptors (Lipinski definition) is 16. The highest BCUT2D eigenvalue weighted by Crippen LogP contribution is 2.30. The number of nitrogens with one attached hydrogen (secondary N) is 3. The number of benzene rings is 2. The minimum Gasteiger partial charge on any atom is -0.398 e. The van der Waals surface area contributed by atoms with Crippen molar-refractivity contribution in [1.29, 1.82) is 0 Å². The van der Waals surface area contributed by atoms with Crippen molar-refractivity contribution in [3.63, 3.8) is 0 Å². The first-order valence-electron chi connectivity index (χ1n) is 11.8. The van der Waals surface area contributed by atoms with Gasteiger partial charge >= 0.3 is 0 Å². The summed E-state index contributed by atoms with van der Waals surface area (Å²) < 4.78 is 128. The third-order valence-electron chi connectivity index (χ3n) is 5.12. The maximum absolute atomic E-state index is 11.9. The van der Waals surface area contributed by atoms with Gasteiger partial charge < -0.3 is 21.7 Å². The smallest absolute Gasteiger partial charge is 0.296 e. The first-order chi connectivity index (χ1) is 20.2. The van der Waals surface area contributed by atoms with Crippen LogP contribution in [0.3, 0.4) is 0 Å². The molecule has 3 aromatic rings. The Morgan fingerprint density at radius 1 is 0.727 bits per heavy atom. The predicted molar refractivity (Wildman–Crippen MR) is 160 cm³/mol. The lowest BCUT2D eigenvalue weighted by Crippen LogP contribution is -2.17. The topological polar surface area (TPSA) is 318 Å². The zero-order chi connectivity index (χ0) is 32.9. The monoisotopic (exact) mass is 715 g/mol. The van der Waals surface area contributed by atoms with Crippen molar-refractivity contribution in [1.82, 2.24) is 15.0 Å². The highest BCUT2D eigenvalue weighted by atomic mass is 32.2. The van der Waals surface area contributed by atoms with Crippen LogP contribution in [0.15, 0.2) is 51.1 Å². The zero-order valence-electron chi connectivity index (χ0n) is 22.0. The Hall–Kier alpha value is -3.36. The molecule has 0 fully saturated rings. The molecule has 1 aromatic heterocycles. The van der Waals surface area contributed by atoms with E-state index in [2.05, 4.69) is 30.9 Å². The molecule has 3 rings (SSSR count). The third kappa shape index (κ3) is 11.3. The van der Waals surface area contributed by atoms with Gasteiger partial charge in [-0.15, -0.1) is 11.8 Å². The zero-order valence-corrected chi connectivity index (χ0v) is 26.1. The van der Waals surface area contributed by atoms with Crippen LogP contribution >= 0.6 is 11.8 Å². The van der Waals surface area contributed by atoms with E-state index in [1.165, 1.54) is 17.8 Å². The van der Waals surface area contributed by atoms with Crippen LogP contribution in [0, 0.1) is 0 Å². The van der Waals surface area contributed by atoms with Crippen molar-refractivity contribution in [2.75, 3.05) is 45.5 Å². The molecule has 0 saturated carbocycles. The van der Waals surface area contributed by atoms with Crippen LogP contribution in [0.2, 0.25) is 0 Å². The van der Waals surface area contributed by atoms with Crippen molar-refractivity contribution < 1.29 is 51.9 Å². The number of nitrogens with zero attached hydrogens (tertiary/aromatic N) is 3. The molecule has 1 heterocycles. The summed E-state index contributed by atoms with van der Waals surface area (Å²) in [6.45, 7) is -0.382. The second-order valence-corrected chi connectivity index (χ2v) is 15.7. The largest absolute Gasteiger partial charge is 0.398 e. The van der Waals surface area contributed by atoms with Crippen LogP contribution in [-0.4, -0.2) is 90.6 Å². The van der Waals surface area contributed by atoms with Gasteiger partial charge in [0.15, 0.2) is 0 Å². The van der Waals surface area contributed by atoms with Crippen LogP contribution in [0.25, 0.3) is 0 Å². The quantitative estimate of drug-likeness (QED) is 0.0472. The predicted octanol–water partition coefficient (Wildman–Crippen LogP) is 1.10. The van der Waals surface area contributed by atoms with Crippen molar-refractivity contribution in [2.45, 2.75) is 21.1 Å². The van der Waals surface area contributed by atoms with Crippen molar-refractivity contribution in [3.8, 4) is 0 Å². The van der Waals surface area contributed by atoms with Gasteiger partial charge in [0.1, 0.15) is 4.90 Å². The molecule has 0 unspecified atom stereocenters. The van der Waals surface area contributed by atoms with Gasteiger partial charge in [0.25, 0.3) is 40.5 Å². The molecule has 0 aliphatic heterocycles. The summed E-state index contributed by atoms with van der Waals surface area (Å²) in [7, 11) is -18.2. The van der Waals surface area contributed by atoms with E-state index in [0.717, 1.165) is 6.07 Å². The van der Waals surface area contributed by atoms with Crippen molar-refractivity contribution in [2.24, 2.45) is 0 Å². The van der Waals surface area contributed by atoms with E-state index in [0.29, 0.717) is 28.5 Å². The average Bonchev–Trinajstić information content (AvgIpc) is 2.85. The van der Waals surface area contributed by atoms with E-state index in [1.807, 2.05) is 0 Å². The van der Waals surface area contributed by atoms with Gasteiger partial charge in [-0.3, -0.25) is 18.2 Å². The molecule has 0 aliphatic rings. The summed E-state index contributed by atoms with van der Waals surface area (Å²) in [6.07, 6.45) is 0.170. The highest BCUT2D eigenvalue weighted by molar-refractivity contribution is 7.99. The Balaban J connectivity index is 1.94. The van der Waals surface area contributed by atoms with E-state index in [9.17, 15) is 42.8 Å². The Bertz CT molecular complexity index is 1970. The molecule has 19 nitrogen and oxygen atoms in total. The summed E-state index contributed by atoms with van der Waals surface area (Å²) in [6, 6.07) is 6.74. The maximum Gasteiger partial charge on any atom is 0.296 e. The van der Waals surface area contributed by atoms with Gasteiger partial charge in [-0.1, -0.05) is 0 Å². The molecule has 242 valence electrons. The molecule has 44 heavy (non-hydrogen) atoms. The van der Waals surface area contributed by atoms with Crippen molar-refractivity contribution in [3.05, 3.63) is 36.4 Å². The average molecular weight is 716 g/mol. The summed E-state index contributed by atoms with van der Waals surface area (Å²) in [5.41, 5.74) is 6.10.